The third-order valence-electron chi connectivity index (χ3n) is 4.65. The molecule has 0 bridgehead atoms. The molecule has 1 N–H and O–H groups in total. The number of hydrogen-bond acceptors (Lipinski definition) is 5. The smallest absolute Gasteiger partial charge is 0.237 e. The first-order valence-electron chi connectivity index (χ1n) is 8.16. The molecule has 132 valence electrons. The lowest BCUT2D eigenvalue weighted by Crippen LogP contribution is -2.43. The minimum Gasteiger partial charge on any atom is -0.346 e. The van der Waals surface area contributed by atoms with Crippen LogP contribution in [0, 0.1) is 0 Å². The molecule has 3 aromatic rings. The van der Waals surface area contributed by atoms with Gasteiger partial charge in [0, 0.05) is 30.9 Å². The largest absolute Gasteiger partial charge is 0.346 e. The number of aromatic nitrogens is 4. The number of sulfone groups is 1. The van der Waals surface area contributed by atoms with Crippen LogP contribution in [0.2, 0.25) is 0 Å². The average Bonchev–Trinajstić information content (AvgIpc) is 3.19. The third-order valence-corrected chi connectivity index (χ3v) is 5.42. The molecular formula is C16H19N5O3S. The summed E-state index contributed by atoms with van der Waals surface area (Å²) in [6.07, 6.45) is 8.21. The SMILES string of the molecule is CS(=O)(=O)CC(=O)N1CCC[C@@H](n2cnc3cnc4[nH]ccc4c32)C1. The van der Waals surface area contributed by atoms with Crippen molar-refractivity contribution in [2.45, 2.75) is 18.9 Å². The second-order valence-electron chi connectivity index (χ2n) is 6.59. The van der Waals surface area contributed by atoms with Crippen LogP contribution in [0.4, 0.5) is 0 Å². The summed E-state index contributed by atoms with van der Waals surface area (Å²) in [7, 11) is -3.32. The van der Waals surface area contributed by atoms with Gasteiger partial charge in [0.25, 0.3) is 0 Å². The maximum absolute atomic E-state index is 12.3. The summed E-state index contributed by atoms with van der Waals surface area (Å²) in [5.41, 5.74) is 2.61. The average molecular weight is 361 g/mol. The number of piperidine rings is 1. The van der Waals surface area contributed by atoms with Gasteiger partial charge in [0.15, 0.2) is 9.84 Å². The van der Waals surface area contributed by atoms with Gasteiger partial charge in [-0.05, 0) is 18.9 Å². The van der Waals surface area contributed by atoms with Crippen molar-refractivity contribution in [1.29, 1.82) is 0 Å². The zero-order valence-corrected chi connectivity index (χ0v) is 14.7. The van der Waals surface area contributed by atoms with E-state index in [1.165, 1.54) is 0 Å². The van der Waals surface area contributed by atoms with E-state index >= 15 is 0 Å². The molecule has 4 rings (SSSR count). The highest BCUT2D eigenvalue weighted by molar-refractivity contribution is 7.91. The van der Waals surface area contributed by atoms with Gasteiger partial charge in [-0.3, -0.25) is 4.79 Å². The summed E-state index contributed by atoms with van der Waals surface area (Å²) >= 11 is 0. The van der Waals surface area contributed by atoms with Crippen molar-refractivity contribution in [3.8, 4) is 0 Å². The predicted octanol–water partition coefficient (Wildman–Crippen LogP) is 1.12. The molecule has 0 saturated carbocycles. The number of hydrogen-bond donors (Lipinski definition) is 1. The Hall–Kier alpha value is -2.42. The fraction of sp³-hybridized carbons (Fsp3) is 0.438. The molecule has 1 fully saturated rings. The van der Waals surface area contributed by atoms with Crippen molar-refractivity contribution in [2.75, 3.05) is 25.1 Å². The van der Waals surface area contributed by atoms with Crippen LogP contribution in [0.5, 0.6) is 0 Å². The van der Waals surface area contributed by atoms with Crippen LogP contribution in [-0.4, -0.2) is 63.8 Å². The number of rotatable bonds is 3. The normalized spacial score (nSPS) is 18.9. The predicted molar refractivity (Wildman–Crippen MR) is 93.9 cm³/mol. The quantitative estimate of drug-likeness (QED) is 0.753. The molecule has 3 aromatic heterocycles. The van der Waals surface area contributed by atoms with E-state index in [4.69, 9.17) is 0 Å². The second kappa shape index (κ2) is 5.83. The highest BCUT2D eigenvalue weighted by atomic mass is 32.2. The van der Waals surface area contributed by atoms with Gasteiger partial charge in [-0.25, -0.2) is 18.4 Å². The van der Waals surface area contributed by atoms with Crippen molar-refractivity contribution in [3.63, 3.8) is 0 Å². The maximum Gasteiger partial charge on any atom is 0.237 e. The summed E-state index contributed by atoms with van der Waals surface area (Å²) in [6.45, 7) is 1.09. The maximum atomic E-state index is 12.3. The lowest BCUT2D eigenvalue weighted by molar-refractivity contribution is -0.130. The van der Waals surface area contributed by atoms with Crippen LogP contribution in [0.15, 0.2) is 24.8 Å². The zero-order chi connectivity index (χ0) is 17.6. The highest BCUT2D eigenvalue weighted by Crippen LogP contribution is 2.29. The van der Waals surface area contributed by atoms with Crippen LogP contribution in [0.1, 0.15) is 18.9 Å². The van der Waals surface area contributed by atoms with Crippen LogP contribution < -0.4 is 0 Å². The van der Waals surface area contributed by atoms with E-state index in [-0.39, 0.29) is 11.9 Å². The van der Waals surface area contributed by atoms with Gasteiger partial charge in [-0.2, -0.15) is 0 Å². The molecule has 1 saturated heterocycles. The molecule has 0 radical (unpaired) electrons. The van der Waals surface area contributed by atoms with Crippen LogP contribution in [-0.2, 0) is 14.6 Å². The third kappa shape index (κ3) is 2.99. The number of fused-ring (bicyclic) bond motifs is 3. The Morgan fingerprint density at radius 3 is 3.04 bits per heavy atom. The molecule has 8 nitrogen and oxygen atoms in total. The second-order valence-corrected chi connectivity index (χ2v) is 8.73. The molecule has 1 aliphatic rings. The zero-order valence-electron chi connectivity index (χ0n) is 13.8. The molecular weight excluding hydrogens is 342 g/mol. The molecule has 25 heavy (non-hydrogen) atoms. The molecule has 0 aliphatic carbocycles. The number of H-pyrrole nitrogens is 1. The molecule has 9 heteroatoms. The van der Waals surface area contributed by atoms with Crippen molar-refractivity contribution in [2.24, 2.45) is 0 Å². The molecule has 0 spiro atoms. The molecule has 1 amide bonds. The van der Waals surface area contributed by atoms with Crippen molar-refractivity contribution >= 4 is 37.8 Å². The summed E-state index contributed by atoms with van der Waals surface area (Å²) in [5.74, 6) is -0.763. The fourth-order valence-electron chi connectivity index (χ4n) is 3.53. The first-order chi connectivity index (χ1) is 11.9. The Labute approximate surface area is 144 Å². The minimum atomic E-state index is -3.32. The van der Waals surface area contributed by atoms with Gasteiger partial charge >= 0.3 is 0 Å². The molecule has 0 aromatic carbocycles. The molecule has 4 heterocycles. The van der Waals surface area contributed by atoms with Crippen LogP contribution >= 0.6 is 0 Å². The topological polar surface area (TPSA) is 101 Å². The van der Waals surface area contributed by atoms with E-state index in [9.17, 15) is 13.2 Å². The number of nitrogens with one attached hydrogen (secondary N) is 1. The van der Waals surface area contributed by atoms with Crippen molar-refractivity contribution in [1.82, 2.24) is 24.4 Å². The summed E-state index contributed by atoms with van der Waals surface area (Å²) in [6, 6.07) is 2.04. The number of carbonyl (C=O) groups excluding carboxylic acids is 1. The molecule has 1 atom stereocenters. The van der Waals surface area contributed by atoms with E-state index < -0.39 is 15.6 Å². The lowest BCUT2D eigenvalue weighted by Gasteiger charge is -2.33. The number of aromatic amines is 1. The molecule has 0 unspecified atom stereocenters. The van der Waals surface area contributed by atoms with Gasteiger partial charge in [-0.15, -0.1) is 0 Å². The van der Waals surface area contributed by atoms with E-state index in [2.05, 4.69) is 19.5 Å². The fourth-order valence-corrected chi connectivity index (χ4v) is 4.16. The standard InChI is InChI=1S/C16H19N5O3S/c1-25(23,24)9-14(22)20-6-2-3-11(8-20)21-10-19-13-7-18-16-12(15(13)21)4-5-17-16/h4-5,7,10-11H,2-3,6,8-9H2,1H3,(H,17,18)/t11-/m1/s1. The number of likely N-dealkylation sites (tertiary alicyclic amines) is 1. The number of pyridine rings is 1. The Morgan fingerprint density at radius 2 is 2.24 bits per heavy atom. The van der Waals surface area contributed by atoms with Gasteiger partial charge in [0.1, 0.15) is 16.9 Å². The van der Waals surface area contributed by atoms with E-state index in [0.29, 0.717) is 13.1 Å². The van der Waals surface area contributed by atoms with Gasteiger partial charge < -0.3 is 14.5 Å². The number of amides is 1. The monoisotopic (exact) mass is 361 g/mol. The Morgan fingerprint density at radius 1 is 1.40 bits per heavy atom. The highest BCUT2D eigenvalue weighted by Gasteiger charge is 2.27. The van der Waals surface area contributed by atoms with Gasteiger partial charge in [0.2, 0.25) is 5.91 Å². The van der Waals surface area contributed by atoms with E-state index in [1.54, 1.807) is 17.4 Å². The van der Waals surface area contributed by atoms with E-state index in [1.807, 2.05) is 12.3 Å². The number of nitrogens with zero attached hydrogens (tertiary/aromatic N) is 4. The first-order valence-corrected chi connectivity index (χ1v) is 10.2. The number of carbonyl (C=O) groups is 1. The Kier molecular flexibility index (Phi) is 3.75. The minimum absolute atomic E-state index is 0.0720. The van der Waals surface area contributed by atoms with Crippen molar-refractivity contribution < 1.29 is 13.2 Å². The first kappa shape index (κ1) is 16.1. The van der Waals surface area contributed by atoms with Crippen molar-refractivity contribution in [3.05, 3.63) is 24.8 Å². The Balaban J connectivity index is 1.67. The van der Waals surface area contributed by atoms with Crippen LogP contribution in [0.25, 0.3) is 22.1 Å². The van der Waals surface area contributed by atoms with Crippen LogP contribution in [0.3, 0.4) is 0 Å². The number of imidazole rings is 1. The van der Waals surface area contributed by atoms with E-state index in [0.717, 1.165) is 41.2 Å². The summed E-state index contributed by atoms with van der Waals surface area (Å²) in [5, 5.41) is 0.995. The Bertz CT molecular complexity index is 1050. The lowest BCUT2D eigenvalue weighted by atomic mass is 10.1. The van der Waals surface area contributed by atoms with Gasteiger partial charge in [-0.1, -0.05) is 0 Å². The molecule has 1 aliphatic heterocycles. The summed E-state index contributed by atoms with van der Waals surface area (Å²) in [4.78, 5) is 25.8. The van der Waals surface area contributed by atoms with Gasteiger partial charge in [0.05, 0.1) is 24.1 Å². The summed E-state index contributed by atoms with van der Waals surface area (Å²) < 4.78 is 24.9.